The van der Waals surface area contributed by atoms with Crippen LogP contribution >= 0.6 is 0 Å². The van der Waals surface area contributed by atoms with Crippen molar-refractivity contribution in [3.63, 3.8) is 0 Å². The molecule has 0 aliphatic heterocycles. The van der Waals surface area contributed by atoms with E-state index in [1.807, 2.05) is 48.5 Å². The van der Waals surface area contributed by atoms with Gasteiger partial charge in [-0.15, -0.1) is 0 Å². The van der Waals surface area contributed by atoms with Gasteiger partial charge in [0.1, 0.15) is 0 Å². The molecule has 2 aliphatic rings. The van der Waals surface area contributed by atoms with Crippen LogP contribution in [-0.2, 0) is 10.8 Å². The third-order valence-electron chi connectivity index (χ3n) is 15.1. The lowest BCUT2D eigenvalue weighted by atomic mass is 9.79. The van der Waals surface area contributed by atoms with Crippen molar-refractivity contribution in [2.45, 2.75) is 38.5 Å². The summed E-state index contributed by atoms with van der Waals surface area (Å²) >= 11 is 0. The maximum Gasteiger partial charge on any atom is 0.160 e. The van der Waals surface area contributed by atoms with Crippen molar-refractivity contribution in [3.8, 4) is 55.6 Å². The Labute approximate surface area is 397 Å². The zero-order valence-electron chi connectivity index (χ0n) is 38.7. The van der Waals surface area contributed by atoms with Gasteiger partial charge in [0.15, 0.2) is 5.84 Å². The van der Waals surface area contributed by atoms with E-state index < -0.39 is 0 Å². The Balaban J connectivity index is 0.903. The zero-order chi connectivity index (χ0) is 45.9. The molecule has 0 amide bonds. The number of amidine groups is 1. The molecule has 0 N–H and O–H groups in total. The van der Waals surface area contributed by atoms with Gasteiger partial charge in [-0.1, -0.05) is 204 Å². The van der Waals surface area contributed by atoms with Gasteiger partial charge in [0.2, 0.25) is 0 Å². The van der Waals surface area contributed by atoms with Crippen molar-refractivity contribution in [2.75, 3.05) is 0 Å². The minimum Gasteiger partial charge on any atom is -0.229 e. The first-order chi connectivity index (χ1) is 33.1. The lowest BCUT2D eigenvalue weighted by molar-refractivity contribution is 0.660. The second kappa shape index (κ2) is 14.9. The van der Waals surface area contributed by atoms with E-state index in [9.17, 15) is 0 Å². The molecule has 11 aromatic rings. The van der Waals surface area contributed by atoms with Crippen LogP contribution in [0.25, 0.3) is 93.6 Å². The van der Waals surface area contributed by atoms with E-state index in [1.165, 1.54) is 110 Å². The molecule has 0 unspecified atom stereocenters. The molecular formula is C66H48N2. The molecular weight excluding hydrogens is 821 g/mol. The standard InChI is InChI=1S/C66H48N2/c1-40(41-20-10-6-11-21-41)67-64(44-26-16-9-17-27-44)68-63-55-37-52-48-33-31-46(35-58(48)66(4,5)60(52)39-56(55)63)45-30-32-47-51-36-53-54(38-59(51)65(2,3)57(47)34-45)62(43-24-14-8-15-25-43)50-29-19-18-28-49(50)61(53)42-22-12-7-13-23-42/h6-39H,1H2,2-5H3. The summed E-state index contributed by atoms with van der Waals surface area (Å²) in [6.45, 7) is 13.9. The van der Waals surface area contributed by atoms with E-state index in [0.29, 0.717) is 11.5 Å². The van der Waals surface area contributed by atoms with Gasteiger partial charge < -0.3 is 0 Å². The quantitative estimate of drug-likeness (QED) is 0.0904. The summed E-state index contributed by atoms with van der Waals surface area (Å²) in [5, 5.41) is 8.54. The zero-order valence-corrected chi connectivity index (χ0v) is 38.7. The second-order valence-corrected chi connectivity index (χ2v) is 19.8. The summed E-state index contributed by atoms with van der Waals surface area (Å²) in [4.78, 5) is 10.2. The van der Waals surface area contributed by atoms with Crippen LogP contribution < -0.4 is 5.36 Å². The molecule has 0 saturated heterocycles. The predicted octanol–water partition coefficient (Wildman–Crippen LogP) is 16.7. The number of rotatable bonds is 6. The van der Waals surface area contributed by atoms with E-state index in [0.717, 1.165) is 16.5 Å². The van der Waals surface area contributed by atoms with Crippen LogP contribution in [0.2, 0.25) is 0 Å². The summed E-state index contributed by atoms with van der Waals surface area (Å²) in [5.74, 6) is 0.673. The molecule has 2 aliphatic carbocycles. The highest BCUT2D eigenvalue weighted by Gasteiger charge is 2.39. The van der Waals surface area contributed by atoms with Crippen LogP contribution in [0.5, 0.6) is 0 Å². The second-order valence-electron chi connectivity index (χ2n) is 19.8. The van der Waals surface area contributed by atoms with Crippen LogP contribution in [0.1, 0.15) is 61.1 Å². The monoisotopic (exact) mass is 868 g/mol. The molecule has 0 saturated carbocycles. The van der Waals surface area contributed by atoms with Gasteiger partial charge in [0, 0.05) is 27.2 Å². The summed E-state index contributed by atoms with van der Waals surface area (Å²) in [6.07, 6.45) is 0. The topological polar surface area (TPSA) is 24.7 Å². The lowest BCUT2D eigenvalue weighted by Gasteiger charge is -2.24. The van der Waals surface area contributed by atoms with Crippen molar-refractivity contribution >= 4 is 43.9 Å². The number of fused-ring (bicyclic) bond motifs is 9. The Morgan fingerprint density at radius 2 is 0.750 bits per heavy atom. The van der Waals surface area contributed by atoms with E-state index in [4.69, 9.17) is 9.98 Å². The molecule has 0 aromatic heterocycles. The first-order valence-corrected chi connectivity index (χ1v) is 23.8. The molecule has 0 bridgehead atoms. The Bertz CT molecular complexity index is 3930. The fraction of sp³-hybridized carbons (Fsp3) is 0.0909. The molecule has 11 aromatic carbocycles. The Morgan fingerprint density at radius 3 is 1.26 bits per heavy atom. The van der Waals surface area contributed by atoms with Crippen LogP contribution in [0.15, 0.2) is 223 Å². The van der Waals surface area contributed by atoms with Crippen LogP contribution in [0.3, 0.4) is 0 Å². The molecule has 0 spiro atoms. The maximum absolute atomic E-state index is 5.22. The minimum absolute atomic E-state index is 0.190. The number of benzene rings is 10. The highest BCUT2D eigenvalue weighted by Crippen LogP contribution is 2.55. The third kappa shape index (κ3) is 6.10. The van der Waals surface area contributed by atoms with Gasteiger partial charge in [-0.05, 0) is 141 Å². The maximum atomic E-state index is 5.22. The van der Waals surface area contributed by atoms with Gasteiger partial charge in [0.05, 0.1) is 11.1 Å². The molecule has 0 fully saturated rings. The van der Waals surface area contributed by atoms with Crippen molar-refractivity contribution in [1.82, 2.24) is 0 Å². The molecule has 0 heterocycles. The smallest absolute Gasteiger partial charge is 0.160 e. The minimum atomic E-state index is -0.212. The molecule has 68 heavy (non-hydrogen) atoms. The first-order valence-electron chi connectivity index (χ1n) is 23.8. The molecule has 322 valence electrons. The van der Waals surface area contributed by atoms with Crippen LogP contribution in [0, 0.1) is 0 Å². The molecule has 0 radical (unpaired) electrons. The van der Waals surface area contributed by atoms with E-state index in [1.54, 1.807) is 0 Å². The summed E-state index contributed by atoms with van der Waals surface area (Å²) < 4.78 is 0. The lowest BCUT2D eigenvalue weighted by Crippen LogP contribution is -2.15. The normalized spacial score (nSPS) is 14.6. The van der Waals surface area contributed by atoms with Gasteiger partial charge in [0.25, 0.3) is 0 Å². The van der Waals surface area contributed by atoms with Crippen molar-refractivity contribution in [2.24, 2.45) is 9.98 Å². The van der Waals surface area contributed by atoms with E-state index in [2.05, 4.69) is 192 Å². The van der Waals surface area contributed by atoms with Gasteiger partial charge in [-0.3, -0.25) is 0 Å². The Morgan fingerprint density at radius 1 is 0.353 bits per heavy atom. The van der Waals surface area contributed by atoms with Crippen molar-refractivity contribution in [3.05, 3.63) is 252 Å². The average Bonchev–Trinajstić information content (AvgIpc) is 3.95. The summed E-state index contributed by atoms with van der Waals surface area (Å²) in [6, 6.07) is 75.4. The Hall–Kier alpha value is -8.20. The molecule has 13 rings (SSSR count). The average molecular weight is 869 g/mol. The number of nitrogens with zero attached hydrogens (tertiary/aromatic N) is 2. The van der Waals surface area contributed by atoms with Crippen LogP contribution in [-0.4, -0.2) is 5.84 Å². The Kier molecular flexibility index (Phi) is 8.79. The summed E-state index contributed by atoms with van der Waals surface area (Å²) in [5.41, 5.74) is 20.5. The van der Waals surface area contributed by atoms with Crippen molar-refractivity contribution in [1.29, 1.82) is 0 Å². The number of aliphatic imine (C=N–C) groups is 1. The fourth-order valence-corrected chi connectivity index (χ4v) is 11.5. The SMILES string of the molecule is C=C(N=C(N=c1c2cc3c(cc12)C(C)(C)c1cc(-c2ccc4c(c2)C(C)(C)c2cc5c(-c6ccccc6)c6ccccc6c(-c6ccccc6)c5cc2-4)ccc1-3)c1ccccc1)c1ccccc1. The van der Waals surface area contributed by atoms with Crippen LogP contribution in [0.4, 0.5) is 0 Å². The molecule has 0 atom stereocenters. The van der Waals surface area contributed by atoms with Gasteiger partial charge >= 0.3 is 0 Å². The highest BCUT2D eigenvalue weighted by atomic mass is 14.9. The van der Waals surface area contributed by atoms with Crippen molar-refractivity contribution < 1.29 is 0 Å². The molecule has 2 nitrogen and oxygen atoms in total. The molecule has 2 heteroatoms. The van der Waals surface area contributed by atoms with Gasteiger partial charge in [-0.2, -0.15) is 0 Å². The fourth-order valence-electron chi connectivity index (χ4n) is 11.5. The third-order valence-corrected chi connectivity index (χ3v) is 15.1. The summed E-state index contributed by atoms with van der Waals surface area (Å²) in [7, 11) is 0. The first kappa shape index (κ1) is 40.1. The highest BCUT2D eigenvalue weighted by molar-refractivity contribution is 6.22. The number of hydrogen-bond acceptors (Lipinski definition) is 1. The predicted molar refractivity (Wildman–Crippen MR) is 287 cm³/mol. The van der Waals surface area contributed by atoms with E-state index in [-0.39, 0.29) is 10.8 Å². The van der Waals surface area contributed by atoms with E-state index >= 15 is 0 Å². The van der Waals surface area contributed by atoms with Gasteiger partial charge in [-0.25, -0.2) is 9.98 Å². The number of hydrogen-bond donors (Lipinski definition) is 0. The largest absolute Gasteiger partial charge is 0.229 e.